The number of H-pyrrole nitrogens is 1. The molecule has 0 aliphatic rings. The van der Waals surface area contributed by atoms with Gasteiger partial charge >= 0.3 is 0 Å². The molecule has 24 heavy (non-hydrogen) atoms. The van der Waals surface area contributed by atoms with Gasteiger partial charge in [-0.25, -0.2) is 18.2 Å². The van der Waals surface area contributed by atoms with Gasteiger partial charge in [-0.2, -0.15) is 0 Å². The van der Waals surface area contributed by atoms with Gasteiger partial charge in [0.05, 0.1) is 5.69 Å². The first-order valence-electron chi connectivity index (χ1n) is 7.02. The maximum Gasteiger partial charge on any atom is 0.252 e. The van der Waals surface area contributed by atoms with Crippen molar-refractivity contribution in [1.29, 1.82) is 0 Å². The lowest BCUT2D eigenvalue weighted by atomic mass is 10.1. The molecule has 3 rings (SSSR count). The van der Waals surface area contributed by atoms with Crippen LogP contribution in [0.15, 0.2) is 47.3 Å². The zero-order valence-electron chi connectivity index (χ0n) is 12.5. The Balaban J connectivity index is 1.97. The maximum atomic E-state index is 13.3. The monoisotopic (exact) mass is 331 g/mol. The van der Waals surface area contributed by atoms with E-state index in [2.05, 4.69) is 15.3 Å². The third-order valence-corrected chi connectivity index (χ3v) is 3.34. The number of rotatable bonds is 3. The van der Waals surface area contributed by atoms with E-state index in [9.17, 15) is 18.0 Å². The Morgan fingerprint density at radius 2 is 1.62 bits per heavy atom. The number of hydrogen-bond donors (Lipinski definition) is 2. The van der Waals surface area contributed by atoms with Gasteiger partial charge in [0.2, 0.25) is 5.95 Å². The zero-order chi connectivity index (χ0) is 17.3. The number of nitrogens with zero attached hydrogens (tertiary/aromatic N) is 1. The number of halogens is 3. The summed E-state index contributed by atoms with van der Waals surface area (Å²) in [5, 5.41) is 2.56. The Labute approximate surface area is 135 Å². The third-order valence-electron chi connectivity index (χ3n) is 3.34. The minimum atomic E-state index is -1.56. The van der Waals surface area contributed by atoms with Crippen LogP contribution in [0.25, 0.3) is 11.3 Å². The van der Waals surface area contributed by atoms with Crippen molar-refractivity contribution >= 4 is 11.6 Å². The summed E-state index contributed by atoms with van der Waals surface area (Å²) in [6.07, 6.45) is 0. The molecular weight excluding hydrogens is 319 g/mol. The molecule has 1 aromatic heterocycles. The molecule has 2 aromatic carbocycles. The van der Waals surface area contributed by atoms with Gasteiger partial charge in [-0.15, -0.1) is 0 Å². The van der Waals surface area contributed by atoms with Crippen LogP contribution in [0.2, 0.25) is 0 Å². The molecule has 0 aliphatic heterocycles. The summed E-state index contributed by atoms with van der Waals surface area (Å²) in [7, 11) is 0. The van der Waals surface area contributed by atoms with E-state index in [4.69, 9.17) is 0 Å². The van der Waals surface area contributed by atoms with Crippen molar-refractivity contribution in [2.75, 3.05) is 5.32 Å². The van der Waals surface area contributed by atoms with E-state index in [1.165, 1.54) is 6.07 Å². The summed E-state index contributed by atoms with van der Waals surface area (Å²) in [6.45, 7) is 1.93. The summed E-state index contributed by atoms with van der Waals surface area (Å²) in [4.78, 5) is 18.4. The molecule has 122 valence electrons. The molecule has 0 spiro atoms. The van der Waals surface area contributed by atoms with Crippen molar-refractivity contribution in [3.8, 4) is 11.3 Å². The van der Waals surface area contributed by atoms with Crippen molar-refractivity contribution in [2.24, 2.45) is 0 Å². The third kappa shape index (κ3) is 3.29. The molecule has 0 unspecified atom stereocenters. The number of anilines is 2. The topological polar surface area (TPSA) is 57.8 Å². The normalized spacial score (nSPS) is 10.7. The molecular formula is C17H12F3N3O. The van der Waals surface area contributed by atoms with Crippen LogP contribution in [-0.4, -0.2) is 9.97 Å². The number of aromatic nitrogens is 2. The van der Waals surface area contributed by atoms with Gasteiger partial charge in [-0.1, -0.05) is 29.8 Å². The molecule has 2 N–H and O–H groups in total. The lowest BCUT2D eigenvalue weighted by molar-refractivity contribution is 0.448. The molecule has 0 fully saturated rings. The number of aromatic amines is 1. The van der Waals surface area contributed by atoms with Gasteiger partial charge in [0, 0.05) is 29.4 Å². The number of aryl methyl sites for hydroxylation is 1. The molecule has 7 heteroatoms. The van der Waals surface area contributed by atoms with Crippen LogP contribution < -0.4 is 10.9 Å². The van der Waals surface area contributed by atoms with Crippen molar-refractivity contribution in [3.05, 3.63) is 75.8 Å². The van der Waals surface area contributed by atoms with Crippen LogP contribution in [0.3, 0.4) is 0 Å². The highest BCUT2D eigenvalue weighted by Crippen LogP contribution is 2.21. The maximum absolute atomic E-state index is 13.3. The average molecular weight is 331 g/mol. The highest BCUT2D eigenvalue weighted by molar-refractivity contribution is 5.62. The number of nitrogens with one attached hydrogen (secondary N) is 2. The molecule has 0 bridgehead atoms. The van der Waals surface area contributed by atoms with Crippen molar-refractivity contribution in [3.63, 3.8) is 0 Å². The Morgan fingerprint density at radius 3 is 2.25 bits per heavy atom. The largest absolute Gasteiger partial charge is 0.325 e. The van der Waals surface area contributed by atoms with Gasteiger partial charge in [-0.3, -0.25) is 9.78 Å². The molecule has 0 radical (unpaired) electrons. The zero-order valence-corrected chi connectivity index (χ0v) is 12.5. The molecule has 0 saturated heterocycles. The summed E-state index contributed by atoms with van der Waals surface area (Å²) in [6, 6.07) is 10.2. The Hall–Kier alpha value is -3.09. The average Bonchev–Trinajstić information content (AvgIpc) is 2.52. The molecule has 4 nitrogen and oxygen atoms in total. The Bertz CT molecular complexity index is 929. The highest BCUT2D eigenvalue weighted by atomic mass is 19.2. The highest BCUT2D eigenvalue weighted by Gasteiger charge is 2.11. The molecule has 0 atom stereocenters. The molecule has 0 aliphatic carbocycles. The minimum Gasteiger partial charge on any atom is -0.325 e. The molecule has 3 aromatic rings. The van der Waals surface area contributed by atoms with Crippen LogP contribution >= 0.6 is 0 Å². The van der Waals surface area contributed by atoms with Crippen LogP contribution in [0, 0.1) is 24.4 Å². The Kier molecular flexibility index (Phi) is 4.07. The van der Waals surface area contributed by atoms with Crippen LogP contribution in [0.5, 0.6) is 0 Å². The predicted molar refractivity (Wildman–Crippen MR) is 84.6 cm³/mol. The van der Waals surface area contributed by atoms with E-state index in [1.54, 1.807) is 12.1 Å². The fourth-order valence-electron chi connectivity index (χ4n) is 2.15. The summed E-state index contributed by atoms with van der Waals surface area (Å²) in [5.41, 5.74) is 1.65. The summed E-state index contributed by atoms with van der Waals surface area (Å²) >= 11 is 0. The second kappa shape index (κ2) is 6.19. The SMILES string of the molecule is Cc1ccc(-c2cc(=O)[nH]c(Nc3cc(F)c(F)c(F)c3)n2)cc1. The van der Waals surface area contributed by atoms with E-state index < -0.39 is 23.0 Å². The van der Waals surface area contributed by atoms with E-state index in [0.717, 1.165) is 17.7 Å². The first-order valence-corrected chi connectivity index (χ1v) is 7.02. The van der Waals surface area contributed by atoms with Gasteiger partial charge in [0.25, 0.3) is 5.56 Å². The second-order valence-corrected chi connectivity index (χ2v) is 5.22. The van der Waals surface area contributed by atoms with Crippen molar-refractivity contribution in [1.82, 2.24) is 9.97 Å². The summed E-state index contributed by atoms with van der Waals surface area (Å²) < 4.78 is 39.5. The lowest BCUT2D eigenvalue weighted by Gasteiger charge is -2.08. The first kappa shape index (κ1) is 15.8. The fourth-order valence-corrected chi connectivity index (χ4v) is 2.15. The quantitative estimate of drug-likeness (QED) is 0.716. The van der Waals surface area contributed by atoms with Crippen LogP contribution in [0.4, 0.5) is 24.8 Å². The van der Waals surface area contributed by atoms with Gasteiger partial charge in [0.1, 0.15) is 0 Å². The van der Waals surface area contributed by atoms with Crippen molar-refractivity contribution in [2.45, 2.75) is 6.92 Å². The summed E-state index contributed by atoms with van der Waals surface area (Å²) in [5.74, 6) is -4.25. The van der Waals surface area contributed by atoms with Gasteiger partial charge in [0.15, 0.2) is 17.5 Å². The van der Waals surface area contributed by atoms with Crippen molar-refractivity contribution < 1.29 is 13.2 Å². The smallest absolute Gasteiger partial charge is 0.252 e. The van der Waals surface area contributed by atoms with Gasteiger partial charge in [-0.05, 0) is 6.92 Å². The minimum absolute atomic E-state index is 0.0107. The Morgan fingerprint density at radius 1 is 1.00 bits per heavy atom. The molecule has 0 saturated carbocycles. The van der Waals surface area contributed by atoms with E-state index in [-0.39, 0.29) is 11.6 Å². The van der Waals surface area contributed by atoms with Crippen LogP contribution in [0.1, 0.15) is 5.56 Å². The van der Waals surface area contributed by atoms with E-state index in [1.807, 2.05) is 19.1 Å². The first-order chi connectivity index (χ1) is 11.4. The molecule has 1 heterocycles. The fraction of sp³-hybridized carbons (Fsp3) is 0.0588. The second-order valence-electron chi connectivity index (χ2n) is 5.22. The van der Waals surface area contributed by atoms with Gasteiger partial charge < -0.3 is 5.32 Å². The molecule has 0 amide bonds. The predicted octanol–water partition coefficient (Wildman–Crippen LogP) is 3.91. The standard InChI is InChI=1S/C17H12F3N3O/c1-9-2-4-10(5-3-9)14-8-15(24)23-17(22-14)21-11-6-12(18)16(20)13(19)7-11/h2-8H,1H3,(H2,21,22,23,24). The van der Waals surface area contributed by atoms with E-state index >= 15 is 0 Å². The van der Waals surface area contributed by atoms with Crippen LogP contribution in [-0.2, 0) is 0 Å². The number of benzene rings is 2. The lowest BCUT2D eigenvalue weighted by Crippen LogP contribution is -2.11. The number of hydrogen-bond acceptors (Lipinski definition) is 3. The van der Waals surface area contributed by atoms with E-state index in [0.29, 0.717) is 11.3 Å².